The summed E-state index contributed by atoms with van der Waals surface area (Å²) in [7, 11) is 1.66. The van der Waals surface area contributed by atoms with E-state index in [9.17, 15) is 9.18 Å². The molecule has 2 amide bonds. The smallest absolute Gasteiger partial charge is 0.323 e. The van der Waals surface area contributed by atoms with Gasteiger partial charge in [0.1, 0.15) is 17.4 Å². The first-order chi connectivity index (χ1) is 9.06. The van der Waals surface area contributed by atoms with Crippen molar-refractivity contribution in [3.8, 4) is 0 Å². The molecule has 0 fully saturated rings. The minimum absolute atomic E-state index is 0.308. The second-order valence-corrected chi connectivity index (χ2v) is 4.15. The second-order valence-electron chi connectivity index (χ2n) is 4.15. The number of anilines is 1. The van der Waals surface area contributed by atoms with Crippen LogP contribution in [0.25, 0.3) is 0 Å². The van der Waals surface area contributed by atoms with E-state index in [0.717, 1.165) is 17.5 Å². The molecule has 0 spiro atoms. The Hall–Kier alpha value is -2.37. The Morgan fingerprint density at radius 3 is 2.84 bits per heavy atom. The predicted molar refractivity (Wildman–Crippen MR) is 68.1 cm³/mol. The van der Waals surface area contributed by atoms with E-state index < -0.39 is 5.82 Å². The van der Waals surface area contributed by atoms with Crippen molar-refractivity contribution in [2.75, 3.05) is 12.4 Å². The molecule has 2 heterocycles. The fourth-order valence-electron chi connectivity index (χ4n) is 1.56. The molecule has 6 heteroatoms. The number of carbonyl (C=O) groups is 1. The van der Waals surface area contributed by atoms with Gasteiger partial charge in [-0.15, -0.1) is 0 Å². The fraction of sp³-hybridized carbons (Fsp3) is 0.231. The zero-order chi connectivity index (χ0) is 13.8. The molecular formula is C13H14FN3O2. The van der Waals surface area contributed by atoms with Crippen molar-refractivity contribution in [3.63, 3.8) is 0 Å². The number of hydrogen-bond acceptors (Lipinski definition) is 3. The molecule has 2 aromatic rings. The van der Waals surface area contributed by atoms with Crippen LogP contribution in [0.2, 0.25) is 0 Å². The maximum Gasteiger partial charge on any atom is 0.323 e. The maximum absolute atomic E-state index is 12.7. The molecule has 100 valence electrons. The van der Waals surface area contributed by atoms with Crippen LogP contribution in [0.5, 0.6) is 0 Å². The van der Waals surface area contributed by atoms with Crippen LogP contribution in [0.1, 0.15) is 11.3 Å². The van der Waals surface area contributed by atoms with Crippen LogP contribution < -0.4 is 5.32 Å². The molecule has 0 aliphatic heterocycles. The molecule has 19 heavy (non-hydrogen) atoms. The molecule has 0 saturated carbocycles. The van der Waals surface area contributed by atoms with E-state index in [1.165, 1.54) is 17.0 Å². The third kappa shape index (κ3) is 3.31. The number of aryl methyl sites for hydroxylation is 1. The topological polar surface area (TPSA) is 58.4 Å². The van der Waals surface area contributed by atoms with E-state index in [2.05, 4.69) is 10.3 Å². The van der Waals surface area contributed by atoms with Gasteiger partial charge in [-0.1, -0.05) is 0 Å². The average molecular weight is 263 g/mol. The number of nitrogens with one attached hydrogen (secondary N) is 1. The van der Waals surface area contributed by atoms with Gasteiger partial charge in [0, 0.05) is 12.6 Å². The normalized spacial score (nSPS) is 10.3. The van der Waals surface area contributed by atoms with Crippen LogP contribution in [0.4, 0.5) is 15.0 Å². The number of urea groups is 1. The average Bonchev–Trinajstić information content (AvgIpc) is 2.78. The van der Waals surface area contributed by atoms with Gasteiger partial charge in [0.05, 0.1) is 19.0 Å². The van der Waals surface area contributed by atoms with E-state index in [-0.39, 0.29) is 6.03 Å². The van der Waals surface area contributed by atoms with Gasteiger partial charge < -0.3 is 9.32 Å². The van der Waals surface area contributed by atoms with Crippen molar-refractivity contribution in [2.24, 2.45) is 0 Å². The number of rotatable bonds is 3. The Morgan fingerprint density at radius 1 is 1.47 bits per heavy atom. The third-order valence-electron chi connectivity index (χ3n) is 2.68. The van der Waals surface area contributed by atoms with Gasteiger partial charge in [0.15, 0.2) is 0 Å². The SMILES string of the molecule is Cc1occc1CN(C)C(=O)Nc1ccc(F)cn1. The number of nitrogens with zero attached hydrogens (tertiary/aromatic N) is 2. The van der Waals surface area contributed by atoms with Gasteiger partial charge in [-0.3, -0.25) is 5.32 Å². The molecular weight excluding hydrogens is 249 g/mol. The van der Waals surface area contributed by atoms with E-state index in [1.54, 1.807) is 13.3 Å². The molecule has 0 radical (unpaired) electrons. The number of amides is 2. The van der Waals surface area contributed by atoms with Crippen LogP contribution in [-0.4, -0.2) is 23.0 Å². The highest BCUT2D eigenvalue weighted by Gasteiger charge is 2.12. The number of furan rings is 1. The van der Waals surface area contributed by atoms with Gasteiger partial charge >= 0.3 is 6.03 Å². The first-order valence-electron chi connectivity index (χ1n) is 5.73. The van der Waals surface area contributed by atoms with Crippen molar-refractivity contribution in [1.29, 1.82) is 0 Å². The summed E-state index contributed by atoms with van der Waals surface area (Å²) in [6.45, 7) is 2.26. The minimum atomic E-state index is -0.444. The Kier molecular flexibility index (Phi) is 3.79. The number of pyridine rings is 1. The lowest BCUT2D eigenvalue weighted by Gasteiger charge is -2.17. The zero-order valence-corrected chi connectivity index (χ0v) is 10.7. The Labute approximate surface area is 110 Å². The molecule has 0 aromatic carbocycles. The Balaban J connectivity index is 1.96. The lowest BCUT2D eigenvalue weighted by Crippen LogP contribution is -2.31. The maximum atomic E-state index is 12.7. The summed E-state index contributed by atoms with van der Waals surface area (Å²) in [4.78, 5) is 17.1. The van der Waals surface area contributed by atoms with Crippen molar-refractivity contribution < 1.29 is 13.6 Å². The van der Waals surface area contributed by atoms with Gasteiger partial charge in [0.2, 0.25) is 0 Å². The highest BCUT2D eigenvalue weighted by Crippen LogP contribution is 2.12. The highest BCUT2D eigenvalue weighted by molar-refractivity contribution is 5.88. The van der Waals surface area contributed by atoms with Crippen molar-refractivity contribution in [3.05, 3.63) is 47.8 Å². The quantitative estimate of drug-likeness (QED) is 0.926. The van der Waals surface area contributed by atoms with E-state index >= 15 is 0 Å². The molecule has 0 bridgehead atoms. The van der Waals surface area contributed by atoms with Crippen LogP contribution in [0.15, 0.2) is 35.1 Å². The van der Waals surface area contributed by atoms with Gasteiger partial charge in [-0.2, -0.15) is 0 Å². The molecule has 2 rings (SSSR count). The first kappa shape index (κ1) is 13.1. The summed E-state index contributed by atoms with van der Waals surface area (Å²) in [6, 6.07) is 4.14. The van der Waals surface area contributed by atoms with Crippen LogP contribution in [0.3, 0.4) is 0 Å². The molecule has 2 aromatic heterocycles. The fourth-order valence-corrected chi connectivity index (χ4v) is 1.56. The molecule has 1 N–H and O–H groups in total. The summed E-state index contributed by atoms with van der Waals surface area (Å²) < 4.78 is 17.8. The number of aromatic nitrogens is 1. The number of carbonyl (C=O) groups excluding carboxylic acids is 1. The molecule has 0 atom stereocenters. The standard InChI is InChI=1S/C13H14FN3O2/c1-9-10(5-6-19-9)8-17(2)13(18)16-12-4-3-11(14)7-15-12/h3-7H,8H2,1-2H3,(H,15,16,18). The van der Waals surface area contributed by atoms with E-state index in [0.29, 0.717) is 12.4 Å². The van der Waals surface area contributed by atoms with Crippen LogP contribution in [-0.2, 0) is 6.54 Å². The monoisotopic (exact) mass is 263 g/mol. The summed E-state index contributed by atoms with van der Waals surface area (Å²) in [5.74, 6) is 0.641. The lowest BCUT2D eigenvalue weighted by molar-refractivity contribution is 0.220. The Bertz CT molecular complexity index is 566. The summed E-state index contributed by atoms with van der Waals surface area (Å²) in [6.07, 6.45) is 2.63. The van der Waals surface area contributed by atoms with Gasteiger partial charge in [-0.25, -0.2) is 14.2 Å². The van der Waals surface area contributed by atoms with Crippen LogP contribution >= 0.6 is 0 Å². The number of halogens is 1. The predicted octanol–water partition coefficient (Wildman–Crippen LogP) is 2.79. The molecule has 0 unspecified atom stereocenters. The van der Waals surface area contributed by atoms with E-state index in [1.807, 2.05) is 13.0 Å². The highest BCUT2D eigenvalue weighted by atomic mass is 19.1. The largest absolute Gasteiger partial charge is 0.469 e. The molecule has 0 aliphatic carbocycles. The molecule has 5 nitrogen and oxygen atoms in total. The zero-order valence-electron chi connectivity index (χ0n) is 10.7. The van der Waals surface area contributed by atoms with Crippen molar-refractivity contribution >= 4 is 11.8 Å². The third-order valence-corrected chi connectivity index (χ3v) is 2.68. The summed E-state index contributed by atoms with van der Waals surface area (Å²) >= 11 is 0. The summed E-state index contributed by atoms with van der Waals surface area (Å²) in [5, 5.41) is 2.58. The number of hydrogen-bond donors (Lipinski definition) is 1. The van der Waals surface area contributed by atoms with Gasteiger partial charge in [0.25, 0.3) is 0 Å². The minimum Gasteiger partial charge on any atom is -0.469 e. The van der Waals surface area contributed by atoms with Crippen molar-refractivity contribution in [2.45, 2.75) is 13.5 Å². The second kappa shape index (κ2) is 5.51. The van der Waals surface area contributed by atoms with Crippen molar-refractivity contribution in [1.82, 2.24) is 9.88 Å². The summed E-state index contributed by atoms with van der Waals surface area (Å²) in [5.41, 5.74) is 0.935. The Morgan fingerprint density at radius 2 is 2.26 bits per heavy atom. The lowest BCUT2D eigenvalue weighted by atomic mass is 10.2. The van der Waals surface area contributed by atoms with Crippen LogP contribution in [0, 0.1) is 12.7 Å². The van der Waals surface area contributed by atoms with E-state index in [4.69, 9.17) is 4.42 Å². The molecule has 0 aliphatic rings. The molecule has 0 saturated heterocycles. The van der Waals surface area contributed by atoms with Gasteiger partial charge in [-0.05, 0) is 25.1 Å². The first-order valence-corrected chi connectivity index (χ1v) is 5.73.